The molecule has 1 saturated carbocycles. The highest BCUT2D eigenvalue weighted by molar-refractivity contribution is 5.59. The molecule has 1 unspecified atom stereocenters. The highest BCUT2D eigenvalue weighted by Crippen LogP contribution is 2.43. The van der Waals surface area contributed by atoms with Crippen LogP contribution in [0.1, 0.15) is 31.2 Å². The number of hydrogen-bond acceptors (Lipinski definition) is 3. The van der Waals surface area contributed by atoms with Gasteiger partial charge in [-0.2, -0.15) is 0 Å². The number of imidazole rings is 1. The van der Waals surface area contributed by atoms with Crippen LogP contribution in [0.15, 0.2) is 30.5 Å². The van der Waals surface area contributed by atoms with Gasteiger partial charge in [-0.05, 0) is 43.2 Å². The van der Waals surface area contributed by atoms with E-state index in [4.69, 9.17) is 10.5 Å². The molecule has 1 aliphatic carbocycles. The summed E-state index contributed by atoms with van der Waals surface area (Å²) < 4.78 is 5.10. The minimum atomic E-state index is -0.337. The quantitative estimate of drug-likeness (QED) is 0.857. The van der Waals surface area contributed by atoms with Crippen LogP contribution in [0, 0.1) is 5.92 Å². The summed E-state index contributed by atoms with van der Waals surface area (Å²) >= 11 is 0. The largest absolute Gasteiger partial charge is 0.384 e. The third kappa shape index (κ3) is 3.01. The van der Waals surface area contributed by atoms with Crippen molar-refractivity contribution in [1.82, 2.24) is 9.97 Å². The Morgan fingerprint density at radius 1 is 1.33 bits per heavy atom. The molecule has 1 aliphatic rings. The minimum Gasteiger partial charge on any atom is -0.384 e. The van der Waals surface area contributed by atoms with Crippen molar-refractivity contribution in [2.75, 3.05) is 13.7 Å². The second-order valence-electron chi connectivity index (χ2n) is 6.14. The van der Waals surface area contributed by atoms with E-state index in [1.54, 1.807) is 7.11 Å². The number of rotatable bonds is 6. The van der Waals surface area contributed by atoms with Crippen molar-refractivity contribution in [2.24, 2.45) is 11.7 Å². The number of nitrogens with two attached hydrogens (primary N) is 1. The Hall–Kier alpha value is -1.65. The molecule has 1 fully saturated rings. The van der Waals surface area contributed by atoms with Gasteiger partial charge in [-0.15, -0.1) is 0 Å². The molecule has 0 spiro atoms. The highest BCUT2D eigenvalue weighted by Gasteiger charge is 2.41. The average Bonchev–Trinajstić information content (AvgIpc) is 3.24. The zero-order valence-electron chi connectivity index (χ0n) is 12.7. The topological polar surface area (TPSA) is 63.9 Å². The number of nitrogens with one attached hydrogen (secondary N) is 1. The van der Waals surface area contributed by atoms with Gasteiger partial charge in [-0.25, -0.2) is 4.98 Å². The zero-order chi connectivity index (χ0) is 14.9. The number of benzene rings is 1. The number of H-pyrrole nitrogens is 1. The predicted octanol–water partition coefficient (Wildman–Crippen LogP) is 2.85. The fourth-order valence-corrected chi connectivity index (χ4v) is 2.69. The summed E-state index contributed by atoms with van der Waals surface area (Å²) in [6.07, 6.45) is 5.23. The SMILES string of the molecule is COCCc1ccc(-c2cnc(C(C)(N)C3CC3)[nH]2)cc1. The van der Waals surface area contributed by atoms with E-state index in [2.05, 4.69) is 41.2 Å². The molecule has 2 aromatic rings. The van der Waals surface area contributed by atoms with Gasteiger partial charge < -0.3 is 15.5 Å². The van der Waals surface area contributed by atoms with E-state index < -0.39 is 0 Å². The van der Waals surface area contributed by atoms with Crippen LogP contribution in [-0.4, -0.2) is 23.7 Å². The second kappa shape index (κ2) is 5.62. The van der Waals surface area contributed by atoms with E-state index in [9.17, 15) is 0 Å². The maximum atomic E-state index is 6.41. The van der Waals surface area contributed by atoms with Gasteiger partial charge in [0.15, 0.2) is 0 Å². The molecule has 112 valence electrons. The molecule has 1 heterocycles. The third-order valence-corrected chi connectivity index (χ3v) is 4.37. The Morgan fingerprint density at radius 2 is 2.05 bits per heavy atom. The molecule has 0 aliphatic heterocycles. The number of aromatic amines is 1. The Morgan fingerprint density at radius 3 is 2.67 bits per heavy atom. The maximum Gasteiger partial charge on any atom is 0.126 e. The van der Waals surface area contributed by atoms with Gasteiger partial charge in [-0.1, -0.05) is 24.3 Å². The first-order valence-corrected chi connectivity index (χ1v) is 7.54. The Labute approximate surface area is 125 Å². The Kier molecular flexibility index (Phi) is 3.83. The summed E-state index contributed by atoms with van der Waals surface area (Å²) in [4.78, 5) is 7.89. The van der Waals surface area contributed by atoms with Crippen LogP contribution in [0.5, 0.6) is 0 Å². The molecule has 1 aromatic carbocycles. The lowest BCUT2D eigenvalue weighted by Gasteiger charge is -2.21. The van der Waals surface area contributed by atoms with Crippen LogP contribution >= 0.6 is 0 Å². The minimum absolute atomic E-state index is 0.337. The fourth-order valence-electron chi connectivity index (χ4n) is 2.69. The van der Waals surface area contributed by atoms with Gasteiger partial charge in [0, 0.05) is 7.11 Å². The smallest absolute Gasteiger partial charge is 0.126 e. The number of hydrogen-bond donors (Lipinski definition) is 2. The molecule has 3 N–H and O–H groups in total. The van der Waals surface area contributed by atoms with E-state index in [0.29, 0.717) is 5.92 Å². The number of ether oxygens (including phenoxy) is 1. The van der Waals surface area contributed by atoms with Crippen LogP contribution in [0.25, 0.3) is 11.3 Å². The summed E-state index contributed by atoms with van der Waals surface area (Å²) in [5, 5.41) is 0. The number of methoxy groups -OCH3 is 1. The lowest BCUT2D eigenvalue weighted by atomic mass is 9.97. The zero-order valence-corrected chi connectivity index (χ0v) is 12.7. The first-order chi connectivity index (χ1) is 10.1. The van der Waals surface area contributed by atoms with Gasteiger partial charge in [-0.3, -0.25) is 0 Å². The van der Waals surface area contributed by atoms with Gasteiger partial charge in [0.25, 0.3) is 0 Å². The fraction of sp³-hybridized carbons (Fsp3) is 0.471. The maximum absolute atomic E-state index is 6.41. The summed E-state index contributed by atoms with van der Waals surface area (Å²) in [6, 6.07) is 8.51. The van der Waals surface area contributed by atoms with Crippen molar-refractivity contribution < 1.29 is 4.74 Å². The molecular weight excluding hydrogens is 262 g/mol. The average molecular weight is 285 g/mol. The standard InChI is InChI=1S/C17H23N3O/c1-17(18,14-7-8-14)16-19-11-15(20-16)13-5-3-12(4-6-13)9-10-21-2/h3-6,11,14H,7-10,18H2,1-2H3,(H,19,20). The van der Waals surface area contributed by atoms with Crippen molar-refractivity contribution in [3.05, 3.63) is 41.9 Å². The first kappa shape index (κ1) is 14.3. The van der Waals surface area contributed by atoms with E-state index >= 15 is 0 Å². The predicted molar refractivity (Wildman–Crippen MR) is 83.9 cm³/mol. The first-order valence-electron chi connectivity index (χ1n) is 7.54. The van der Waals surface area contributed by atoms with Gasteiger partial charge in [0.05, 0.1) is 24.0 Å². The molecule has 21 heavy (non-hydrogen) atoms. The van der Waals surface area contributed by atoms with Crippen LogP contribution in [-0.2, 0) is 16.7 Å². The molecule has 3 rings (SSSR count). The van der Waals surface area contributed by atoms with Crippen molar-refractivity contribution >= 4 is 0 Å². The molecular formula is C17H23N3O. The van der Waals surface area contributed by atoms with E-state index in [1.165, 1.54) is 18.4 Å². The van der Waals surface area contributed by atoms with Crippen LogP contribution in [0.2, 0.25) is 0 Å². The highest BCUT2D eigenvalue weighted by atomic mass is 16.5. The monoisotopic (exact) mass is 285 g/mol. The van der Waals surface area contributed by atoms with E-state index in [-0.39, 0.29) is 5.54 Å². The van der Waals surface area contributed by atoms with E-state index in [0.717, 1.165) is 30.1 Å². The molecule has 4 nitrogen and oxygen atoms in total. The number of nitrogens with zero attached hydrogens (tertiary/aromatic N) is 1. The van der Waals surface area contributed by atoms with Crippen LogP contribution in [0.3, 0.4) is 0 Å². The van der Waals surface area contributed by atoms with Gasteiger partial charge in [0.1, 0.15) is 5.82 Å². The van der Waals surface area contributed by atoms with Gasteiger partial charge in [0.2, 0.25) is 0 Å². The molecule has 0 radical (unpaired) electrons. The lowest BCUT2D eigenvalue weighted by Crippen LogP contribution is -2.36. The lowest BCUT2D eigenvalue weighted by molar-refractivity contribution is 0.202. The van der Waals surface area contributed by atoms with E-state index in [1.807, 2.05) is 6.20 Å². The normalized spacial score (nSPS) is 17.7. The van der Waals surface area contributed by atoms with Crippen LogP contribution in [0.4, 0.5) is 0 Å². The Bertz CT molecular complexity index is 597. The second-order valence-corrected chi connectivity index (χ2v) is 6.14. The molecule has 0 saturated heterocycles. The number of aromatic nitrogens is 2. The summed E-state index contributed by atoms with van der Waals surface area (Å²) in [6.45, 7) is 2.82. The summed E-state index contributed by atoms with van der Waals surface area (Å²) in [7, 11) is 1.73. The summed E-state index contributed by atoms with van der Waals surface area (Å²) in [5.41, 5.74) is 9.52. The van der Waals surface area contributed by atoms with Crippen molar-refractivity contribution in [2.45, 2.75) is 31.7 Å². The molecule has 1 aromatic heterocycles. The third-order valence-electron chi connectivity index (χ3n) is 4.37. The molecule has 4 heteroatoms. The van der Waals surface area contributed by atoms with Gasteiger partial charge >= 0.3 is 0 Å². The molecule has 0 bridgehead atoms. The van der Waals surface area contributed by atoms with Crippen LogP contribution < -0.4 is 5.73 Å². The molecule has 0 amide bonds. The van der Waals surface area contributed by atoms with Crippen molar-refractivity contribution in [1.29, 1.82) is 0 Å². The van der Waals surface area contributed by atoms with Crippen molar-refractivity contribution in [3.63, 3.8) is 0 Å². The summed E-state index contributed by atoms with van der Waals surface area (Å²) in [5.74, 6) is 1.45. The van der Waals surface area contributed by atoms with Crippen molar-refractivity contribution in [3.8, 4) is 11.3 Å². The Balaban J connectivity index is 1.76. The molecule has 1 atom stereocenters.